The third kappa shape index (κ3) is 1.34. The van der Waals surface area contributed by atoms with Crippen LogP contribution < -0.4 is 5.73 Å². The van der Waals surface area contributed by atoms with E-state index in [2.05, 4.69) is 28.7 Å². The quantitative estimate of drug-likeness (QED) is 0.742. The number of hydrogen-bond donors (Lipinski definition) is 1. The van der Waals surface area contributed by atoms with Gasteiger partial charge in [0.05, 0.1) is 5.56 Å². The molecule has 0 aliphatic heterocycles. The van der Waals surface area contributed by atoms with Crippen molar-refractivity contribution in [3.05, 3.63) is 32.4 Å². The molecule has 2 N–H and O–H groups in total. The van der Waals surface area contributed by atoms with Gasteiger partial charge in [-0.15, -0.1) is 0 Å². The van der Waals surface area contributed by atoms with Crippen molar-refractivity contribution in [2.24, 2.45) is 5.73 Å². The number of hydrogen-bond acceptors (Lipinski definition) is 2. The zero-order valence-corrected chi connectivity index (χ0v) is 9.21. The summed E-state index contributed by atoms with van der Waals surface area (Å²) in [6.45, 7) is 0. The molecule has 0 amide bonds. The second-order valence-electron chi connectivity index (χ2n) is 3.25. The molecule has 3 heteroatoms. The van der Waals surface area contributed by atoms with E-state index in [9.17, 15) is 0 Å². The van der Waals surface area contributed by atoms with Crippen LogP contribution >= 0.6 is 22.6 Å². The fourth-order valence-corrected chi connectivity index (χ4v) is 2.66. The fourth-order valence-electron chi connectivity index (χ4n) is 1.78. The molecule has 0 heterocycles. The number of fused-ring (bicyclic) bond motifs is 1. The first-order valence-corrected chi connectivity index (χ1v) is 5.29. The van der Waals surface area contributed by atoms with Gasteiger partial charge in [-0.25, -0.2) is 0 Å². The molecule has 1 aliphatic carbocycles. The second kappa shape index (κ2) is 3.28. The highest BCUT2D eigenvalue weighted by molar-refractivity contribution is 14.1. The monoisotopic (exact) mass is 284 g/mol. The van der Waals surface area contributed by atoms with Crippen molar-refractivity contribution in [2.75, 3.05) is 0 Å². The van der Waals surface area contributed by atoms with Crippen LogP contribution in [0, 0.1) is 14.9 Å². The molecule has 0 saturated carbocycles. The van der Waals surface area contributed by atoms with Crippen LogP contribution in [-0.4, -0.2) is 0 Å². The first-order valence-electron chi connectivity index (χ1n) is 4.21. The van der Waals surface area contributed by atoms with E-state index in [1.54, 1.807) is 0 Å². The summed E-state index contributed by atoms with van der Waals surface area (Å²) in [5, 5.41) is 8.83. The van der Waals surface area contributed by atoms with Gasteiger partial charge in [-0.05, 0) is 52.6 Å². The summed E-state index contributed by atoms with van der Waals surface area (Å²) in [5.41, 5.74) is 9.20. The minimum Gasteiger partial charge on any atom is -0.324 e. The van der Waals surface area contributed by atoms with E-state index in [0.29, 0.717) is 0 Å². The van der Waals surface area contributed by atoms with Gasteiger partial charge in [0.25, 0.3) is 0 Å². The van der Waals surface area contributed by atoms with Crippen molar-refractivity contribution in [2.45, 2.75) is 18.9 Å². The molecule has 0 spiro atoms. The molecular formula is C10H9IN2. The van der Waals surface area contributed by atoms with Crippen LogP contribution in [-0.2, 0) is 6.42 Å². The lowest BCUT2D eigenvalue weighted by Crippen LogP contribution is -2.05. The van der Waals surface area contributed by atoms with Gasteiger partial charge in [0.15, 0.2) is 0 Å². The first kappa shape index (κ1) is 8.97. The number of halogens is 1. The van der Waals surface area contributed by atoms with Gasteiger partial charge < -0.3 is 5.73 Å². The maximum atomic E-state index is 8.83. The predicted molar refractivity (Wildman–Crippen MR) is 59.1 cm³/mol. The Balaban J connectivity index is 2.62. The number of rotatable bonds is 0. The minimum atomic E-state index is 0.177. The van der Waals surface area contributed by atoms with Crippen LogP contribution in [0.1, 0.15) is 29.2 Å². The Kier molecular flexibility index (Phi) is 2.26. The van der Waals surface area contributed by atoms with Crippen LogP contribution in [0.5, 0.6) is 0 Å². The Morgan fingerprint density at radius 1 is 1.54 bits per heavy atom. The Bertz CT molecular complexity index is 393. The normalized spacial score (nSPS) is 19.6. The summed E-state index contributed by atoms with van der Waals surface area (Å²) in [7, 11) is 0. The zero-order valence-electron chi connectivity index (χ0n) is 7.05. The highest BCUT2D eigenvalue weighted by atomic mass is 127. The molecule has 66 valence electrons. The van der Waals surface area contributed by atoms with Crippen LogP contribution in [0.25, 0.3) is 0 Å². The second-order valence-corrected chi connectivity index (χ2v) is 4.33. The summed E-state index contributed by atoms with van der Waals surface area (Å²) in [6.07, 6.45) is 2.03. The molecule has 0 bridgehead atoms. The van der Waals surface area contributed by atoms with Crippen LogP contribution in [0.15, 0.2) is 12.1 Å². The van der Waals surface area contributed by atoms with Gasteiger partial charge in [-0.2, -0.15) is 5.26 Å². The zero-order chi connectivity index (χ0) is 9.42. The highest BCUT2D eigenvalue weighted by Gasteiger charge is 2.22. The molecule has 0 fully saturated rings. The molecule has 1 aliphatic rings. The number of nitriles is 1. The molecule has 0 aromatic heterocycles. The lowest BCUT2D eigenvalue weighted by molar-refractivity contribution is 0.713. The van der Waals surface area contributed by atoms with E-state index in [-0.39, 0.29) is 6.04 Å². The summed E-state index contributed by atoms with van der Waals surface area (Å²) < 4.78 is 1.09. The molecule has 0 saturated heterocycles. The van der Waals surface area contributed by atoms with E-state index in [1.165, 1.54) is 11.1 Å². The van der Waals surface area contributed by atoms with Gasteiger partial charge in [0, 0.05) is 9.61 Å². The minimum absolute atomic E-state index is 0.177. The predicted octanol–water partition coefficient (Wildman–Crippen LogP) is 2.11. The third-order valence-electron chi connectivity index (χ3n) is 2.50. The third-order valence-corrected chi connectivity index (χ3v) is 3.74. The lowest BCUT2D eigenvalue weighted by atomic mass is 10.1. The van der Waals surface area contributed by atoms with E-state index < -0.39 is 0 Å². The topological polar surface area (TPSA) is 49.8 Å². The van der Waals surface area contributed by atoms with E-state index in [4.69, 9.17) is 11.0 Å². The Morgan fingerprint density at radius 2 is 2.31 bits per heavy atom. The molecule has 2 nitrogen and oxygen atoms in total. The number of benzene rings is 1. The maximum absolute atomic E-state index is 8.83. The Labute approximate surface area is 90.9 Å². The number of nitrogens with zero attached hydrogens (tertiary/aromatic N) is 1. The van der Waals surface area contributed by atoms with Gasteiger partial charge in [-0.3, -0.25) is 0 Å². The summed E-state index contributed by atoms with van der Waals surface area (Å²) in [6, 6.07) is 6.23. The largest absolute Gasteiger partial charge is 0.324 e. The van der Waals surface area contributed by atoms with Crippen molar-refractivity contribution in [1.29, 1.82) is 5.26 Å². The van der Waals surface area contributed by atoms with E-state index >= 15 is 0 Å². The van der Waals surface area contributed by atoms with Crippen molar-refractivity contribution >= 4 is 22.6 Å². The van der Waals surface area contributed by atoms with E-state index in [1.807, 2.05) is 12.1 Å². The van der Waals surface area contributed by atoms with Crippen LogP contribution in [0.2, 0.25) is 0 Å². The van der Waals surface area contributed by atoms with Gasteiger partial charge in [-0.1, -0.05) is 6.07 Å². The van der Waals surface area contributed by atoms with Crippen LogP contribution in [0.4, 0.5) is 0 Å². The van der Waals surface area contributed by atoms with Crippen molar-refractivity contribution < 1.29 is 0 Å². The fraction of sp³-hybridized carbons (Fsp3) is 0.300. The molecule has 1 atom stereocenters. The molecule has 1 aromatic carbocycles. The van der Waals surface area contributed by atoms with Gasteiger partial charge >= 0.3 is 0 Å². The first-order chi connectivity index (χ1) is 6.24. The van der Waals surface area contributed by atoms with Crippen molar-refractivity contribution in [3.8, 4) is 6.07 Å². The Morgan fingerprint density at radius 3 is 3.00 bits per heavy atom. The maximum Gasteiger partial charge on any atom is 0.100 e. The lowest BCUT2D eigenvalue weighted by Gasteiger charge is -2.06. The standard InChI is InChI=1S/C10H9IN2/c11-10-6(5-12)1-2-7-8(10)3-4-9(7)13/h1-2,9H,3-4,13H2/t9-/m1/s1. The average Bonchev–Trinajstić information content (AvgIpc) is 2.50. The van der Waals surface area contributed by atoms with Gasteiger partial charge in [0.2, 0.25) is 0 Å². The Hall–Kier alpha value is -0.600. The summed E-state index contributed by atoms with van der Waals surface area (Å²) in [5.74, 6) is 0. The summed E-state index contributed by atoms with van der Waals surface area (Å²) >= 11 is 2.24. The molecular weight excluding hydrogens is 275 g/mol. The molecule has 13 heavy (non-hydrogen) atoms. The van der Waals surface area contributed by atoms with Crippen molar-refractivity contribution in [3.63, 3.8) is 0 Å². The van der Waals surface area contributed by atoms with Crippen LogP contribution in [0.3, 0.4) is 0 Å². The molecule has 0 radical (unpaired) electrons. The summed E-state index contributed by atoms with van der Waals surface area (Å²) in [4.78, 5) is 0. The molecule has 0 unspecified atom stereocenters. The SMILES string of the molecule is N#Cc1ccc2c(c1I)CC[C@H]2N. The average molecular weight is 284 g/mol. The molecule has 2 rings (SSSR count). The van der Waals surface area contributed by atoms with Crippen molar-refractivity contribution in [1.82, 2.24) is 0 Å². The highest BCUT2D eigenvalue weighted by Crippen LogP contribution is 2.33. The van der Waals surface area contributed by atoms with Gasteiger partial charge in [0.1, 0.15) is 6.07 Å². The number of nitrogens with two attached hydrogens (primary N) is 1. The smallest absolute Gasteiger partial charge is 0.100 e. The molecule has 1 aromatic rings. The van der Waals surface area contributed by atoms with E-state index in [0.717, 1.165) is 22.0 Å².